The maximum absolute atomic E-state index is 12.3. The number of hydrogen-bond acceptors (Lipinski definition) is 7. The number of benzene rings is 4. The molecular formula is C37H39NO6S. The number of aliphatic hydroxyl groups is 1. The van der Waals surface area contributed by atoms with Crippen LogP contribution in [0.4, 0.5) is 0 Å². The molecule has 45 heavy (non-hydrogen) atoms. The molecule has 1 fully saturated rings. The van der Waals surface area contributed by atoms with Crippen molar-refractivity contribution in [2.75, 3.05) is 5.75 Å². The van der Waals surface area contributed by atoms with Gasteiger partial charge < -0.3 is 24.6 Å². The fourth-order valence-electron chi connectivity index (χ4n) is 5.33. The number of amides is 1. The number of carbonyl (C=O) groups excluding carboxylic acids is 2. The van der Waals surface area contributed by atoms with E-state index in [1.165, 1.54) is 11.8 Å². The van der Waals surface area contributed by atoms with Crippen LogP contribution in [-0.4, -0.2) is 34.9 Å². The van der Waals surface area contributed by atoms with E-state index in [0.717, 1.165) is 39.1 Å². The second-order valence-corrected chi connectivity index (χ2v) is 12.3. The minimum absolute atomic E-state index is 0.00259. The van der Waals surface area contributed by atoms with Gasteiger partial charge in [0.05, 0.1) is 18.8 Å². The van der Waals surface area contributed by atoms with E-state index in [4.69, 9.17) is 14.2 Å². The standard InChI is InChI=1S/C37H39NO6S/c1-24-34(23-45-33-10-5-4-6-11-33)43-37(44-35(24)30-14-12-27(22-39)13-15-30)31-18-16-29(17-19-31)32-9-7-8-28(20-32)21-38-36(41)25(2)42-26(3)40/h4-20,24-25,34-35,37,39H,21-23H2,1-3H3,(H,38,41). The molecule has 1 saturated heterocycles. The lowest BCUT2D eigenvalue weighted by atomic mass is 9.91. The van der Waals surface area contributed by atoms with Crippen LogP contribution in [0.1, 0.15) is 55.4 Å². The summed E-state index contributed by atoms with van der Waals surface area (Å²) in [6.07, 6.45) is -1.61. The summed E-state index contributed by atoms with van der Waals surface area (Å²) >= 11 is 1.78. The zero-order valence-corrected chi connectivity index (χ0v) is 26.5. The molecule has 8 heteroatoms. The molecule has 1 aliphatic heterocycles. The molecule has 0 spiro atoms. The van der Waals surface area contributed by atoms with Crippen LogP contribution in [0.25, 0.3) is 11.1 Å². The average molecular weight is 626 g/mol. The van der Waals surface area contributed by atoms with Crippen molar-refractivity contribution in [3.63, 3.8) is 0 Å². The fraction of sp³-hybridized carbons (Fsp3) is 0.297. The van der Waals surface area contributed by atoms with Crippen LogP contribution in [0.15, 0.2) is 108 Å². The first-order valence-corrected chi connectivity index (χ1v) is 16.1. The first-order valence-electron chi connectivity index (χ1n) is 15.1. The lowest BCUT2D eigenvalue weighted by Crippen LogP contribution is -2.38. The number of ether oxygens (including phenoxy) is 3. The van der Waals surface area contributed by atoms with Crippen LogP contribution in [-0.2, 0) is 37.0 Å². The summed E-state index contributed by atoms with van der Waals surface area (Å²) in [4.78, 5) is 24.6. The van der Waals surface area contributed by atoms with E-state index < -0.39 is 18.4 Å². The summed E-state index contributed by atoms with van der Waals surface area (Å²) in [6, 6.07) is 34.4. The number of nitrogens with one attached hydrogen (secondary N) is 1. The van der Waals surface area contributed by atoms with E-state index in [-0.39, 0.29) is 30.6 Å². The number of hydrogen-bond donors (Lipinski definition) is 2. The number of esters is 1. The Morgan fingerprint density at radius 1 is 0.867 bits per heavy atom. The van der Waals surface area contributed by atoms with Gasteiger partial charge in [0, 0.05) is 35.6 Å². The van der Waals surface area contributed by atoms with Crippen molar-refractivity contribution >= 4 is 23.6 Å². The quantitative estimate of drug-likeness (QED) is 0.137. The molecular weight excluding hydrogens is 586 g/mol. The van der Waals surface area contributed by atoms with Gasteiger partial charge in [-0.1, -0.05) is 91.9 Å². The van der Waals surface area contributed by atoms with Gasteiger partial charge in [-0.25, -0.2) is 0 Å². The second kappa shape index (κ2) is 15.4. The van der Waals surface area contributed by atoms with Crippen LogP contribution < -0.4 is 5.32 Å². The highest BCUT2D eigenvalue weighted by Crippen LogP contribution is 2.43. The van der Waals surface area contributed by atoms with Crippen molar-refractivity contribution in [2.45, 2.75) is 63.4 Å². The molecule has 0 aliphatic carbocycles. The van der Waals surface area contributed by atoms with E-state index in [9.17, 15) is 14.7 Å². The minimum atomic E-state index is -0.846. The van der Waals surface area contributed by atoms with Crippen LogP contribution in [0.3, 0.4) is 0 Å². The molecule has 4 aromatic rings. The Hall–Kier alpha value is -3.95. The SMILES string of the molecule is CC(=O)OC(C)C(=O)NCc1cccc(-c2ccc(C3OC(CSc4ccccc4)C(C)C(c4ccc(CO)cc4)O3)cc2)c1. The summed E-state index contributed by atoms with van der Waals surface area (Å²) in [7, 11) is 0. The molecule has 2 N–H and O–H groups in total. The van der Waals surface area contributed by atoms with E-state index in [0.29, 0.717) is 6.54 Å². The number of aliphatic hydroxyl groups excluding tert-OH is 1. The fourth-order valence-corrected chi connectivity index (χ4v) is 6.42. The summed E-state index contributed by atoms with van der Waals surface area (Å²) in [6.45, 7) is 5.33. The number of rotatable bonds is 11. The van der Waals surface area contributed by atoms with Gasteiger partial charge in [-0.15, -0.1) is 11.8 Å². The molecule has 0 saturated carbocycles. The van der Waals surface area contributed by atoms with Crippen LogP contribution in [0.5, 0.6) is 0 Å². The molecule has 5 atom stereocenters. The molecule has 7 nitrogen and oxygen atoms in total. The number of carbonyl (C=O) groups is 2. The van der Waals surface area contributed by atoms with E-state index >= 15 is 0 Å². The highest BCUT2D eigenvalue weighted by Gasteiger charge is 2.38. The average Bonchev–Trinajstić information content (AvgIpc) is 3.07. The minimum Gasteiger partial charge on any atom is -0.453 e. The maximum Gasteiger partial charge on any atom is 0.303 e. The molecule has 5 rings (SSSR count). The van der Waals surface area contributed by atoms with Gasteiger partial charge in [-0.3, -0.25) is 9.59 Å². The van der Waals surface area contributed by atoms with E-state index in [2.05, 4.69) is 36.5 Å². The van der Waals surface area contributed by atoms with Gasteiger partial charge in [-0.2, -0.15) is 0 Å². The third-order valence-corrected chi connectivity index (χ3v) is 9.00. The van der Waals surface area contributed by atoms with Crippen molar-refractivity contribution in [1.29, 1.82) is 0 Å². The smallest absolute Gasteiger partial charge is 0.303 e. The molecule has 1 amide bonds. The van der Waals surface area contributed by atoms with Crippen molar-refractivity contribution in [3.8, 4) is 11.1 Å². The largest absolute Gasteiger partial charge is 0.453 e. The highest BCUT2D eigenvalue weighted by molar-refractivity contribution is 7.99. The summed E-state index contributed by atoms with van der Waals surface area (Å²) in [5, 5.41) is 12.4. The Bertz CT molecular complexity index is 1560. The van der Waals surface area contributed by atoms with Gasteiger partial charge >= 0.3 is 5.97 Å². The van der Waals surface area contributed by atoms with Crippen LogP contribution in [0.2, 0.25) is 0 Å². The third kappa shape index (κ3) is 8.61. The Kier molecular flexibility index (Phi) is 11.1. The normalized spacial score (nSPS) is 20.3. The monoisotopic (exact) mass is 625 g/mol. The van der Waals surface area contributed by atoms with Crippen LogP contribution >= 0.6 is 11.8 Å². The van der Waals surface area contributed by atoms with Gasteiger partial charge in [-0.05, 0) is 52.9 Å². The zero-order chi connectivity index (χ0) is 31.8. The molecule has 1 heterocycles. The predicted molar refractivity (Wildman–Crippen MR) is 175 cm³/mol. The Balaban J connectivity index is 1.31. The molecule has 0 radical (unpaired) electrons. The van der Waals surface area contributed by atoms with Crippen LogP contribution in [0, 0.1) is 5.92 Å². The third-order valence-electron chi connectivity index (χ3n) is 7.90. The first kappa shape index (κ1) is 32.4. The molecule has 0 aromatic heterocycles. The second-order valence-electron chi connectivity index (χ2n) is 11.2. The zero-order valence-electron chi connectivity index (χ0n) is 25.7. The van der Waals surface area contributed by atoms with Gasteiger partial charge in [0.25, 0.3) is 5.91 Å². The number of thioether (sulfide) groups is 1. The maximum atomic E-state index is 12.3. The van der Waals surface area contributed by atoms with E-state index in [1.54, 1.807) is 18.7 Å². The van der Waals surface area contributed by atoms with Crippen molar-refractivity contribution in [3.05, 3.63) is 125 Å². The molecule has 0 bridgehead atoms. The Morgan fingerprint density at radius 2 is 1.58 bits per heavy atom. The Labute approximate surface area is 268 Å². The van der Waals surface area contributed by atoms with E-state index in [1.807, 2.05) is 78.9 Å². The molecule has 1 aliphatic rings. The summed E-state index contributed by atoms with van der Waals surface area (Å²) < 4.78 is 18.2. The molecule has 4 aromatic carbocycles. The lowest BCUT2D eigenvalue weighted by molar-refractivity contribution is -0.268. The van der Waals surface area contributed by atoms with Gasteiger partial charge in [0.1, 0.15) is 0 Å². The summed E-state index contributed by atoms with van der Waals surface area (Å²) in [5.41, 5.74) is 5.83. The van der Waals surface area contributed by atoms with Crippen molar-refractivity contribution < 1.29 is 28.9 Å². The first-order chi connectivity index (χ1) is 21.8. The summed E-state index contributed by atoms with van der Waals surface area (Å²) in [5.74, 6) is 0.0643. The van der Waals surface area contributed by atoms with Gasteiger partial charge in [0.15, 0.2) is 12.4 Å². The van der Waals surface area contributed by atoms with Gasteiger partial charge in [0.2, 0.25) is 0 Å². The highest BCUT2D eigenvalue weighted by atomic mass is 32.2. The molecule has 5 unspecified atom stereocenters. The Morgan fingerprint density at radius 3 is 2.27 bits per heavy atom. The molecule has 234 valence electrons. The lowest BCUT2D eigenvalue weighted by Gasteiger charge is -2.41. The predicted octanol–water partition coefficient (Wildman–Crippen LogP) is 7.00. The van der Waals surface area contributed by atoms with Crippen molar-refractivity contribution in [1.82, 2.24) is 5.32 Å². The topological polar surface area (TPSA) is 94.1 Å². The van der Waals surface area contributed by atoms with Crippen molar-refractivity contribution in [2.24, 2.45) is 5.92 Å².